The Balaban J connectivity index is 0. The molecule has 0 radical (unpaired) electrons. The Morgan fingerprint density at radius 3 is 2.11 bits per heavy atom. The van der Waals surface area contributed by atoms with Crippen molar-refractivity contribution in [2.24, 2.45) is 11.8 Å². The van der Waals surface area contributed by atoms with Crippen LogP contribution in [0.15, 0.2) is 0 Å². The second-order valence-electron chi connectivity index (χ2n) is 5.47. The average Bonchev–Trinajstić information content (AvgIpc) is 2.45. The highest BCUT2D eigenvalue weighted by molar-refractivity contribution is 4.81. The van der Waals surface area contributed by atoms with Crippen molar-refractivity contribution in [2.45, 2.75) is 67.9 Å². The van der Waals surface area contributed by atoms with Crippen molar-refractivity contribution in [1.29, 1.82) is 0 Å². The molecule has 0 aromatic heterocycles. The first-order valence-corrected chi connectivity index (χ1v) is 8.47. The summed E-state index contributed by atoms with van der Waals surface area (Å²) in [6.07, 6.45) is 1.38. The summed E-state index contributed by atoms with van der Waals surface area (Å²) in [6.45, 7) is 22.3. The van der Waals surface area contributed by atoms with Gasteiger partial charge in [0.05, 0.1) is 0 Å². The number of hydrogen-bond acceptors (Lipinski definition) is 2. The Morgan fingerprint density at radius 1 is 1.16 bits per heavy atom. The molecule has 1 fully saturated rings. The molecule has 0 amide bonds. The minimum absolute atomic E-state index is 0.715. The van der Waals surface area contributed by atoms with Crippen LogP contribution in [-0.4, -0.2) is 49.1 Å². The monoisotopic (exact) mass is 272 g/mol. The highest BCUT2D eigenvalue weighted by Crippen LogP contribution is 2.24. The molecule has 1 rings (SSSR count). The van der Waals surface area contributed by atoms with E-state index in [-0.39, 0.29) is 0 Å². The Hall–Kier alpha value is -0.0800. The topological polar surface area (TPSA) is 6.48 Å². The summed E-state index contributed by atoms with van der Waals surface area (Å²) in [5.74, 6) is 1.76. The van der Waals surface area contributed by atoms with Gasteiger partial charge in [-0.2, -0.15) is 0 Å². The van der Waals surface area contributed by atoms with Gasteiger partial charge in [0.1, 0.15) is 0 Å². The van der Waals surface area contributed by atoms with Gasteiger partial charge in [-0.05, 0) is 52.2 Å². The predicted molar refractivity (Wildman–Crippen MR) is 89.8 cm³/mol. The third-order valence-electron chi connectivity index (χ3n) is 3.96. The zero-order valence-corrected chi connectivity index (χ0v) is 15.2. The maximum Gasteiger partial charge on any atom is 0.00387 e. The molecule has 0 aromatic rings. The van der Waals surface area contributed by atoms with Gasteiger partial charge in [-0.1, -0.05) is 41.5 Å². The minimum atomic E-state index is 0.715. The zero-order valence-electron chi connectivity index (χ0n) is 15.2. The molecule has 1 heterocycles. The molecule has 19 heavy (non-hydrogen) atoms. The van der Waals surface area contributed by atoms with Gasteiger partial charge in [0, 0.05) is 19.1 Å². The lowest BCUT2D eigenvalue weighted by Gasteiger charge is -2.40. The second kappa shape index (κ2) is 12.9. The van der Waals surface area contributed by atoms with Crippen LogP contribution in [0.4, 0.5) is 0 Å². The van der Waals surface area contributed by atoms with Crippen LogP contribution in [0.25, 0.3) is 0 Å². The van der Waals surface area contributed by atoms with Crippen LogP contribution in [0, 0.1) is 11.8 Å². The van der Waals surface area contributed by atoms with Gasteiger partial charge in [-0.25, -0.2) is 0 Å². The Labute approximate surface area is 123 Å². The molecule has 118 valence electrons. The molecule has 2 nitrogen and oxygen atoms in total. The summed E-state index contributed by atoms with van der Waals surface area (Å²) in [5, 5.41) is 0. The van der Waals surface area contributed by atoms with Crippen LogP contribution >= 0.6 is 0 Å². The first kappa shape index (κ1) is 21.2. The summed E-state index contributed by atoms with van der Waals surface area (Å²) < 4.78 is 0. The molecule has 2 atom stereocenters. The Morgan fingerprint density at radius 2 is 1.68 bits per heavy atom. The van der Waals surface area contributed by atoms with Crippen LogP contribution in [0.3, 0.4) is 0 Å². The normalized spacial score (nSPS) is 23.5. The lowest BCUT2D eigenvalue weighted by Crippen LogP contribution is -2.46. The second-order valence-corrected chi connectivity index (χ2v) is 5.47. The summed E-state index contributed by atoms with van der Waals surface area (Å²) >= 11 is 0. The number of piperidine rings is 1. The van der Waals surface area contributed by atoms with Crippen LogP contribution in [0.5, 0.6) is 0 Å². The first-order chi connectivity index (χ1) is 9.04. The smallest absolute Gasteiger partial charge is 0.00387 e. The lowest BCUT2D eigenvalue weighted by molar-refractivity contribution is 0.0810. The fourth-order valence-corrected chi connectivity index (χ4v) is 2.41. The molecule has 0 saturated carbocycles. The molecule has 1 aliphatic heterocycles. The van der Waals surface area contributed by atoms with Gasteiger partial charge in [0.25, 0.3) is 0 Å². The summed E-state index contributed by atoms with van der Waals surface area (Å²) in [4.78, 5) is 5.08. The van der Waals surface area contributed by atoms with E-state index >= 15 is 0 Å². The fourth-order valence-electron chi connectivity index (χ4n) is 2.41. The standard InChI is InChI=1S/C13H28N2.2C2H6/c1-6-14(5)9-13-10-15(11(2)3)8-7-12(13)4;2*1-2/h11-13H,6-10H2,1-5H3;2*1-2H3. The van der Waals surface area contributed by atoms with Crippen molar-refractivity contribution in [3.63, 3.8) is 0 Å². The van der Waals surface area contributed by atoms with Gasteiger partial charge < -0.3 is 9.80 Å². The Bertz CT molecular complexity index is 180. The van der Waals surface area contributed by atoms with E-state index in [0.717, 1.165) is 11.8 Å². The largest absolute Gasteiger partial charge is 0.306 e. The molecular formula is C17H40N2. The summed E-state index contributed by atoms with van der Waals surface area (Å²) in [7, 11) is 2.24. The number of nitrogens with zero attached hydrogens (tertiary/aromatic N) is 2. The van der Waals surface area contributed by atoms with Crippen molar-refractivity contribution in [1.82, 2.24) is 9.80 Å². The van der Waals surface area contributed by atoms with Crippen LogP contribution < -0.4 is 0 Å². The van der Waals surface area contributed by atoms with Gasteiger partial charge in [-0.15, -0.1) is 0 Å². The minimum Gasteiger partial charge on any atom is -0.306 e. The van der Waals surface area contributed by atoms with E-state index in [9.17, 15) is 0 Å². The number of hydrogen-bond donors (Lipinski definition) is 0. The highest BCUT2D eigenvalue weighted by atomic mass is 15.2. The molecule has 0 aromatic carbocycles. The first-order valence-electron chi connectivity index (χ1n) is 8.47. The third-order valence-corrected chi connectivity index (χ3v) is 3.96. The third kappa shape index (κ3) is 8.65. The lowest BCUT2D eigenvalue weighted by atomic mass is 9.86. The van der Waals surface area contributed by atoms with E-state index in [1.807, 2.05) is 27.7 Å². The van der Waals surface area contributed by atoms with E-state index in [1.165, 1.54) is 32.6 Å². The molecule has 2 unspecified atom stereocenters. The van der Waals surface area contributed by atoms with Gasteiger partial charge in [-0.3, -0.25) is 0 Å². The van der Waals surface area contributed by atoms with Crippen molar-refractivity contribution >= 4 is 0 Å². The Kier molecular flexibility index (Phi) is 14.4. The molecule has 0 N–H and O–H groups in total. The zero-order chi connectivity index (χ0) is 15.4. The summed E-state index contributed by atoms with van der Waals surface area (Å²) in [5.41, 5.74) is 0. The van der Waals surface area contributed by atoms with Crippen molar-refractivity contribution in [3.05, 3.63) is 0 Å². The van der Waals surface area contributed by atoms with E-state index in [2.05, 4.69) is 44.5 Å². The molecule has 0 bridgehead atoms. The SMILES string of the molecule is CC.CC.CCN(C)CC1CN(C(C)C)CCC1C. The van der Waals surface area contributed by atoms with Gasteiger partial charge >= 0.3 is 0 Å². The highest BCUT2D eigenvalue weighted by Gasteiger charge is 2.27. The maximum atomic E-state index is 2.63. The van der Waals surface area contributed by atoms with E-state index in [4.69, 9.17) is 0 Å². The van der Waals surface area contributed by atoms with Crippen LogP contribution in [0.2, 0.25) is 0 Å². The van der Waals surface area contributed by atoms with E-state index in [0.29, 0.717) is 6.04 Å². The van der Waals surface area contributed by atoms with Gasteiger partial charge in [0.15, 0.2) is 0 Å². The molecular weight excluding hydrogens is 232 g/mol. The van der Waals surface area contributed by atoms with Crippen molar-refractivity contribution in [3.8, 4) is 0 Å². The number of likely N-dealkylation sites (tertiary alicyclic amines) is 1. The van der Waals surface area contributed by atoms with Crippen molar-refractivity contribution in [2.75, 3.05) is 33.2 Å². The van der Waals surface area contributed by atoms with E-state index in [1.54, 1.807) is 0 Å². The number of rotatable bonds is 4. The van der Waals surface area contributed by atoms with E-state index < -0.39 is 0 Å². The van der Waals surface area contributed by atoms with Crippen LogP contribution in [0.1, 0.15) is 61.8 Å². The molecule has 2 heteroatoms. The van der Waals surface area contributed by atoms with Gasteiger partial charge in [0.2, 0.25) is 0 Å². The molecule has 0 spiro atoms. The quantitative estimate of drug-likeness (QED) is 0.750. The molecule has 0 aliphatic carbocycles. The predicted octanol–water partition coefficient (Wildman–Crippen LogP) is 4.36. The van der Waals surface area contributed by atoms with Crippen LogP contribution in [-0.2, 0) is 0 Å². The molecule has 1 saturated heterocycles. The summed E-state index contributed by atoms with van der Waals surface area (Å²) in [6, 6.07) is 0.715. The average molecular weight is 273 g/mol. The molecule has 1 aliphatic rings. The fraction of sp³-hybridized carbons (Fsp3) is 1.00. The van der Waals surface area contributed by atoms with Crippen molar-refractivity contribution < 1.29 is 0 Å². The maximum absolute atomic E-state index is 2.63.